The molecule has 29 heavy (non-hydrogen) atoms. The van der Waals surface area contributed by atoms with Gasteiger partial charge in [0.1, 0.15) is 11.4 Å². The smallest absolute Gasteiger partial charge is 0.151 e. The van der Waals surface area contributed by atoms with Crippen LogP contribution in [0.1, 0.15) is 25.2 Å². The molecular weight excluding hydrogens is 426 g/mol. The van der Waals surface area contributed by atoms with Gasteiger partial charge in [0.2, 0.25) is 0 Å². The number of hydrogen-bond acceptors (Lipinski definition) is 3. The van der Waals surface area contributed by atoms with Crippen molar-refractivity contribution in [2.45, 2.75) is 13.8 Å². The van der Waals surface area contributed by atoms with Crippen molar-refractivity contribution in [2.75, 3.05) is 0 Å². The SMILES string of the molecule is C/C(=N\c1c(F)cccc1F)c1cccc(/C(C)=N/c2c(F)cccc2F)n1.[Fe]. The first-order chi connectivity index (χ1) is 13.4. The Morgan fingerprint density at radius 1 is 0.621 bits per heavy atom. The third-order valence-corrected chi connectivity index (χ3v) is 3.92. The quantitative estimate of drug-likeness (QED) is 0.282. The van der Waals surface area contributed by atoms with E-state index in [0.717, 1.165) is 24.3 Å². The molecule has 0 saturated carbocycles. The van der Waals surface area contributed by atoms with Crippen LogP contribution >= 0.6 is 0 Å². The Kier molecular flexibility index (Phi) is 7.42. The Morgan fingerprint density at radius 2 is 0.931 bits per heavy atom. The van der Waals surface area contributed by atoms with Crippen LogP contribution in [0.2, 0.25) is 0 Å². The van der Waals surface area contributed by atoms with E-state index in [1.165, 1.54) is 12.1 Å². The van der Waals surface area contributed by atoms with Crippen LogP contribution in [0.4, 0.5) is 28.9 Å². The van der Waals surface area contributed by atoms with Gasteiger partial charge >= 0.3 is 0 Å². The molecule has 0 fully saturated rings. The third kappa shape index (κ3) is 5.16. The standard InChI is InChI=1S/C21H15F4N3.Fe/c1-12(26-20-14(22)6-3-7-15(20)23)18-10-5-11-19(28-18)13(2)27-21-16(24)8-4-9-17(21)25;/h3-11H,1-2H3;/b26-12+,27-13+;. The van der Waals surface area contributed by atoms with Crippen LogP contribution in [-0.4, -0.2) is 16.4 Å². The van der Waals surface area contributed by atoms with Crippen molar-refractivity contribution in [2.24, 2.45) is 9.98 Å². The fourth-order valence-electron chi connectivity index (χ4n) is 2.48. The first kappa shape index (κ1) is 22.5. The predicted molar refractivity (Wildman–Crippen MR) is 101 cm³/mol. The summed E-state index contributed by atoms with van der Waals surface area (Å²) in [7, 11) is 0. The molecule has 150 valence electrons. The molecule has 1 heterocycles. The van der Waals surface area contributed by atoms with E-state index in [9.17, 15) is 17.6 Å². The molecule has 0 aliphatic carbocycles. The van der Waals surface area contributed by atoms with Crippen LogP contribution < -0.4 is 0 Å². The first-order valence-electron chi connectivity index (χ1n) is 8.33. The molecule has 8 heteroatoms. The monoisotopic (exact) mass is 441 g/mol. The number of nitrogens with zero attached hydrogens (tertiary/aromatic N) is 3. The minimum atomic E-state index is -0.789. The zero-order valence-corrected chi connectivity index (χ0v) is 16.5. The van der Waals surface area contributed by atoms with Gasteiger partial charge in [-0.25, -0.2) is 32.5 Å². The van der Waals surface area contributed by atoms with Crippen molar-refractivity contribution in [1.29, 1.82) is 0 Å². The van der Waals surface area contributed by atoms with Gasteiger partial charge in [0.25, 0.3) is 0 Å². The largest absolute Gasteiger partial charge is 0.245 e. The Labute approximate surface area is 175 Å². The number of aliphatic imine (C=N–C) groups is 2. The van der Waals surface area contributed by atoms with Gasteiger partial charge in [-0.15, -0.1) is 0 Å². The summed E-state index contributed by atoms with van der Waals surface area (Å²) in [5.41, 5.74) is 0.427. The van der Waals surface area contributed by atoms with E-state index >= 15 is 0 Å². The molecule has 0 N–H and O–H groups in total. The molecule has 1 aromatic heterocycles. The molecule has 0 aliphatic heterocycles. The Balaban J connectivity index is 0.00000300. The number of benzene rings is 2. The molecule has 0 saturated heterocycles. The summed E-state index contributed by atoms with van der Waals surface area (Å²) in [6.07, 6.45) is 0. The van der Waals surface area contributed by atoms with Crippen molar-refractivity contribution >= 4 is 22.8 Å². The van der Waals surface area contributed by atoms with Crippen LogP contribution in [0.3, 0.4) is 0 Å². The summed E-state index contributed by atoms with van der Waals surface area (Å²) in [6, 6.07) is 11.8. The molecule has 3 rings (SSSR count). The summed E-state index contributed by atoms with van der Waals surface area (Å²) >= 11 is 0. The van der Waals surface area contributed by atoms with Crippen molar-refractivity contribution in [3.63, 3.8) is 0 Å². The minimum Gasteiger partial charge on any atom is -0.245 e. The van der Waals surface area contributed by atoms with Gasteiger partial charge in [0.05, 0.1) is 22.8 Å². The summed E-state index contributed by atoms with van der Waals surface area (Å²) in [6.45, 7) is 3.11. The minimum absolute atomic E-state index is 0. The number of rotatable bonds is 4. The molecular formula is C21H15F4FeN3. The van der Waals surface area contributed by atoms with Crippen molar-refractivity contribution in [3.05, 3.63) is 89.3 Å². The van der Waals surface area contributed by atoms with Crippen molar-refractivity contribution in [1.82, 2.24) is 4.98 Å². The van der Waals surface area contributed by atoms with Gasteiger partial charge in [-0.1, -0.05) is 18.2 Å². The maximum atomic E-state index is 13.8. The fraction of sp³-hybridized carbons (Fsp3) is 0.0952. The predicted octanol–water partition coefficient (Wildman–Crippen LogP) is 5.92. The number of pyridine rings is 1. The topological polar surface area (TPSA) is 37.6 Å². The molecule has 0 spiro atoms. The van der Waals surface area contributed by atoms with E-state index in [0.29, 0.717) is 11.4 Å². The molecule has 3 nitrogen and oxygen atoms in total. The number of hydrogen-bond donors (Lipinski definition) is 0. The van der Waals surface area contributed by atoms with Crippen molar-refractivity contribution in [3.8, 4) is 0 Å². The second-order valence-electron chi connectivity index (χ2n) is 5.94. The van der Waals surface area contributed by atoms with Crippen LogP contribution in [0, 0.1) is 23.3 Å². The van der Waals surface area contributed by atoms with E-state index in [4.69, 9.17) is 0 Å². The maximum absolute atomic E-state index is 13.8. The fourth-order valence-corrected chi connectivity index (χ4v) is 2.48. The van der Waals surface area contributed by atoms with E-state index in [2.05, 4.69) is 15.0 Å². The van der Waals surface area contributed by atoms with E-state index < -0.39 is 34.6 Å². The van der Waals surface area contributed by atoms with Crippen LogP contribution in [0.15, 0.2) is 64.6 Å². The Bertz CT molecular complexity index is 974. The summed E-state index contributed by atoms with van der Waals surface area (Å²) < 4.78 is 55.2. The molecule has 0 unspecified atom stereocenters. The molecule has 0 bridgehead atoms. The van der Waals surface area contributed by atoms with Gasteiger partial charge in [-0.3, -0.25) is 0 Å². The molecule has 0 aliphatic rings. The zero-order valence-electron chi connectivity index (χ0n) is 15.4. The number of halogens is 4. The Morgan fingerprint density at radius 3 is 1.28 bits per heavy atom. The van der Waals surface area contributed by atoms with E-state index in [1.807, 2.05) is 0 Å². The number of para-hydroxylation sites is 2. The van der Waals surface area contributed by atoms with Crippen LogP contribution in [-0.2, 0) is 17.1 Å². The van der Waals surface area contributed by atoms with Gasteiger partial charge < -0.3 is 0 Å². The second-order valence-corrected chi connectivity index (χ2v) is 5.94. The average Bonchev–Trinajstić information content (AvgIpc) is 2.67. The number of aromatic nitrogens is 1. The third-order valence-electron chi connectivity index (χ3n) is 3.92. The molecule has 0 amide bonds. The maximum Gasteiger partial charge on any atom is 0.151 e. The summed E-state index contributed by atoms with van der Waals surface area (Å²) in [5.74, 6) is -3.15. The Hall–Kier alpha value is -2.83. The average molecular weight is 441 g/mol. The first-order valence-corrected chi connectivity index (χ1v) is 8.33. The molecule has 3 aromatic rings. The molecule has 0 atom stereocenters. The van der Waals surface area contributed by atoms with Gasteiger partial charge in [-0.2, -0.15) is 0 Å². The van der Waals surface area contributed by atoms with Gasteiger partial charge in [0, 0.05) is 17.1 Å². The van der Waals surface area contributed by atoms with Crippen LogP contribution in [0.5, 0.6) is 0 Å². The summed E-state index contributed by atoms with van der Waals surface area (Å²) in [5, 5.41) is 0. The van der Waals surface area contributed by atoms with Crippen molar-refractivity contribution < 1.29 is 34.6 Å². The van der Waals surface area contributed by atoms with Gasteiger partial charge in [-0.05, 0) is 50.2 Å². The molecule has 0 radical (unpaired) electrons. The van der Waals surface area contributed by atoms with E-state index in [1.54, 1.807) is 32.0 Å². The van der Waals surface area contributed by atoms with Gasteiger partial charge in [0.15, 0.2) is 23.3 Å². The second kappa shape index (κ2) is 9.58. The molecule has 2 aromatic carbocycles. The summed E-state index contributed by atoms with van der Waals surface area (Å²) in [4.78, 5) is 12.3. The van der Waals surface area contributed by atoms with Crippen LogP contribution in [0.25, 0.3) is 0 Å². The zero-order chi connectivity index (χ0) is 20.3. The normalized spacial score (nSPS) is 11.9. The van der Waals surface area contributed by atoms with E-state index in [-0.39, 0.29) is 28.5 Å².